The van der Waals surface area contributed by atoms with Gasteiger partial charge in [-0.3, -0.25) is 0 Å². The predicted molar refractivity (Wildman–Crippen MR) is 78.3 cm³/mol. The second-order valence-electron chi connectivity index (χ2n) is 4.40. The lowest BCUT2D eigenvalue weighted by Crippen LogP contribution is -2.25. The first-order valence-corrected chi connectivity index (χ1v) is 6.40. The third-order valence-corrected chi connectivity index (χ3v) is 3.10. The maximum Gasteiger partial charge on any atom is 0.586 e. The van der Waals surface area contributed by atoms with Crippen LogP contribution in [0.25, 0.3) is 0 Å². The van der Waals surface area contributed by atoms with Crippen LogP contribution in [0.2, 0.25) is 0 Å². The van der Waals surface area contributed by atoms with E-state index in [1.54, 1.807) is 30.3 Å². The van der Waals surface area contributed by atoms with E-state index in [4.69, 9.17) is 18.0 Å². The van der Waals surface area contributed by atoms with Crippen LogP contribution in [0.5, 0.6) is 11.5 Å². The lowest BCUT2D eigenvalue weighted by molar-refractivity contribution is -0.286. The molecule has 3 N–H and O–H groups in total. The highest BCUT2D eigenvalue weighted by atomic mass is 32.1. The molecule has 1 aliphatic heterocycles. The highest BCUT2D eigenvalue weighted by Crippen LogP contribution is 2.42. The molecule has 2 aromatic rings. The zero-order valence-corrected chi connectivity index (χ0v) is 11.4. The van der Waals surface area contributed by atoms with Gasteiger partial charge in [-0.2, -0.15) is 0 Å². The van der Waals surface area contributed by atoms with E-state index in [-0.39, 0.29) is 11.5 Å². The minimum absolute atomic E-state index is 0.00868. The summed E-state index contributed by atoms with van der Waals surface area (Å²) in [6, 6.07) is 11.6. The van der Waals surface area contributed by atoms with Gasteiger partial charge in [-0.05, 0) is 36.4 Å². The molecule has 0 spiro atoms. The van der Waals surface area contributed by atoms with Gasteiger partial charge in [0, 0.05) is 23.0 Å². The van der Waals surface area contributed by atoms with Crippen molar-refractivity contribution in [3.63, 3.8) is 0 Å². The zero-order chi connectivity index (χ0) is 15.0. The molecule has 3 rings (SSSR count). The van der Waals surface area contributed by atoms with Crippen LogP contribution in [0.1, 0.15) is 5.56 Å². The van der Waals surface area contributed by atoms with Crippen LogP contribution in [0.4, 0.5) is 20.2 Å². The topological polar surface area (TPSA) is 56.5 Å². The summed E-state index contributed by atoms with van der Waals surface area (Å²) in [5.74, 6) is -0.000801. The molecule has 0 bridgehead atoms. The fourth-order valence-electron chi connectivity index (χ4n) is 1.91. The first-order chi connectivity index (χ1) is 9.93. The molecule has 0 fully saturated rings. The molecule has 1 heterocycles. The Morgan fingerprint density at radius 3 is 2.29 bits per heavy atom. The molecule has 0 radical (unpaired) electrons. The van der Waals surface area contributed by atoms with Crippen LogP contribution in [-0.2, 0) is 0 Å². The SMILES string of the molecule is NC(=S)c1ccc(Nc2ccc3c(c2)OC(F)(F)O3)cc1. The van der Waals surface area contributed by atoms with Gasteiger partial charge in [0.05, 0.1) is 0 Å². The number of thiocarbonyl (C=S) groups is 1. The lowest BCUT2D eigenvalue weighted by Gasteiger charge is -2.08. The molecule has 21 heavy (non-hydrogen) atoms. The van der Waals surface area contributed by atoms with Gasteiger partial charge in [-0.1, -0.05) is 12.2 Å². The Hall–Kier alpha value is -2.41. The first-order valence-electron chi connectivity index (χ1n) is 6.00. The maximum absolute atomic E-state index is 12.9. The molecule has 7 heteroatoms. The Morgan fingerprint density at radius 1 is 1.00 bits per heavy atom. The summed E-state index contributed by atoms with van der Waals surface area (Å²) in [5, 5.41) is 3.06. The third-order valence-electron chi connectivity index (χ3n) is 2.86. The van der Waals surface area contributed by atoms with Crippen molar-refractivity contribution in [2.75, 3.05) is 5.32 Å². The van der Waals surface area contributed by atoms with E-state index in [2.05, 4.69) is 14.8 Å². The number of alkyl halides is 2. The number of nitrogens with two attached hydrogens (primary N) is 1. The van der Waals surface area contributed by atoms with Crippen LogP contribution in [0.15, 0.2) is 42.5 Å². The Labute approximate surface area is 124 Å². The van der Waals surface area contributed by atoms with Crippen LogP contribution >= 0.6 is 12.2 Å². The number of benzene rings is 2. The monoisotopic (exact) mass is 308 g/mol. The quantitative estimate of drug-likeness (QED) is 0.851. The van der Waals surface area contributed by atoms with Crippen molar-refractivity contribution >= 4 is 28.6 Å². The minimum atomic E-state index is -3.61. The standard InChI is InChI=1S/C14H10F2N2O2S/c15-14(16)19-11-6-5-10(7-12(11)20-14)18-9-3-1-8(2-4-9)13(17)21/h1-7,18H,(H2,17,21). The van der Waals surface area contributed by atoms with Crippen molar-refractivity contribution in [2.24, 2.45) is 5.73 Å². The van der Waals surface area contributed by atoms with E-state index < -0.39 is 6.29 Å². The number of fused-ring (bicyclic) bond motifs is 1. The molecular weight excluding hydrogens is 298 g/mol. The van der Waals surface area contributed by atoms with Gasteiger partial charge in [0.15, 0.2) is 11.5 Å². The maximum atomic E-state index is 12.9. The largest absolute Gasteiger partial charge is 0.586 e. The van der Waals surface area contributed by atoms with Crippen LogP contribution in [0, 0.1) is 0 Å². The zero-order valence-electron chi connectivity index (χ0n) is 10.6. The summed E-state index contributed by atoms with van der Waals surface area (Å²) in [7, 11) is 0. The van der Waals surface area contributed by atoms with E-state index in [1.807, 2.05) is 0 Å². The highest BCUT2D eigenvalue weighted by molar-refractivity contribution is 7.80. The number of anilines is 2. The summed E-state index contributed by atoms with van der Waals surface area (Å²) in [4.78, 5) is 0.312. The Kier molecular flexibility index (Phi) is 3.13. The molecule has 0 aliphatic carbocycles. The molecule has 108 valence electrons. The van der Waals surface area contributed by atoms with Crippen molar-refractivity contribution in [3.05, 3.63) is 48.0 Å². The fourth-order valence-corrected chi connectivity index (χ4v) is 2.05. The summed E-state index contributed by atoms with van der Waals surface area (Å²) in [5.41, 5.74) is 7.62. The van der Waals surface area contributed by atoms with Crippen molar-refractivity contribution in [1.82, 2.24) is 0 Å². The number of rotatable bonds is 3. The summed E-state index contributed by atoms with van der Waals surface area (Å²) in [6.45, 7) is 0. The molecule has 1 aliphatic rings. The van der Waals surface area contributed by atoms with Gasteiger partial charge in [-0.15, -0.1) is 8.78 Å². The van der Waals surface area contributed by atoms with Gasteiger partial charge in [0.1, 0.15) is 4.99 Å². The average Bonchev–Trinajstić information content (AvgIpc) is 2.72. The second-order valence-corrected chi connectivity index (χ2v) is 4.84. The molecule has 4 nitrogen and oxygen atoms in total. The number of hydrogen-bond acceptors (Lipinski definition) is 4. The number of hydrogen-bond donors (Lipinski definition) is 2. The van der Waals surface area contributed by atoms with E-state index in [9.17, 15) is 8.78 Å². The predicted octanol–water partition coefficient (Wildman–Crippen LogP) is 3.39. The van der Waals surface area contributed by atoms with Gasteiger partial charge >= 0.3 is 6.29 Å². The molecule has 0 aromatic heterocycles. The molecule has 0 unspecified atom stereocenters. The number of ether oxygens (including phenoxy) is 2. The van der Waals surface area contributed by atoms with Crippen molar-refractivity contribution in [1.29, 1.82) is 0 Å². The van der Waals surface area contributed by atoms with E-state index in [1.165, 1.54) is 12.1 Å². The lowest BCUT2D eigenvalue weighted by atomic mass is 10.2. The van der Waals surface area contributed by atoms with Gasteiger partial charge in [-0.25, -0.2) is 0 Å². The van der Waals surface area contributed by atoms with Gasteiger partial charge in [0.25, 0.3) is 0 Å². The smallest absolute Gasteiger partial charge is 0.395 e. The normalized spacial score (nSPS) is 14.8. The second kappa shape index (κ2) is 4.85. The highest BCUT2D eigenvalue weighted by Gasteiger charge is 2.43. The summed E-state index contributed by atoms with van der Waals surface area (Å²) >= 11 is 4.87. The number of nitrogens with one attached hydrogen (secondary N) is 1. The Bertz CT molecular complexity index is 705. The summed E-state index contributed by atoms with van der Waals surface area (Å²) in [6.07, 6.45) is -3.61. The van der Waals surface area contributed by atoms with Crippen LogP contribution < -0.4 is 20.5 Å². The molecule has 0 saturated heterocycles. The molecule has 0 amide bonds. The van der Waals surface area contributed by atoms with Crippen LogP contribution in [-0.4, -0.2) is 11.3 Å². The van der Waals surface area contributed by atoms with Crippen molar-refractivity contribution in [3.8, 4) is 11.5 Å². The Morgan fingerprint density at radius 2 is 1.62 bits per heavy atom. The molecule has 0 atom stereocenters. The first kappa shape index (κ1) is 13.6. The number of halogens is 2. The summed E-state index contributed by atoms with van der Waals surface area (Å²) < 4.78 is 34.6. The molecule has 0 saturated carbocycles. The Balaban J connectivity index is 1.79. The average molecular weight is 308 g/mol. The fraction of sp³-hybridized carbons (Fsp3) is 0.0714. The van der Waals surface area contributed by atoms with Crippen LogP contribution in [0.3, 0.4) is 0 Å². The van der Waals surface area contributed by atoms with Gasteiger partial charge < -0.3 is 20.5 Å². The van der Waals surface area contributed by atoms with Gasteiger partial charge in [0.2, 0.25) is 0 Å². The minimum Gasteiger partial charge on any atom is -0.395 e. The van der Waals surface area contributed by atoms with E-state index in [0.29, 0.717) is 10.7 Å². The van der Waals surface area contributed by atoms with E-state index in [0.717, 1.165) is 11.3 Å². The third kappa shape index (κ3) is 2.87. The molecular formula is C14H10F2N2O2S. The van der Waals surface area contributed by atoms with Crippen molar-refractivity contribution in [2.45, 2.75) is 6.29 Å². The molecule has 2 aromatic carbocycles. The van der Waals surface area contributed by atoms with Crippen molar-refractivity contribution < 1.29 is 18.3 Å². The van der Waals surface area contributed by atoms with E-state index >= 15 is 0 Å².